The van der Waals surface area contributed by atoms with Crippen molar-refractivity contribution in [3.8, 4) is 0 Å². The number of amides is 1. The second-order valence-corrected chi connectivity index (χ2v) is 5.68. The lowest BCUT2D eigenvalue weighted by molar-refractivity contribution is -0.139. The second kappa shape index (κ2) is 6.76. The molecule has 0 saturated heterocycles. The minimum Gasteiger partial charge on any atom is -0.469 e. The average Bonchev–Trinajstić information content (AvgIpc) is 3.01. The maximum Gasteiger partial charge on any atom is 0.309 e. The zero-order chi connectivity index (χ0) is 17.1. The third kappa shape index (κ3) is 3.26. The molecular formula is C18H15ClN2O3. The molecule has 122 valence electrons. The maximum absolute atomic E-state index is 12.5. The van der Waals surface area contributed by atoms with Crippen molar-refractivity contribution in [2.75, 3.05) is 12.4 Å². The fourth-order valence-electron chi connectivity index (χ4n) is 2.46. The number of methoxy groups -OCH3 is 1. The van der Waals surface area contributed by atoms with E-state index in [1.54, 1.807) is 24.4 Å². The van der Waals surface area contributed by atoms with Gasteiger partial charge in [-0.05, 0) is 23.8 Å². The number of aromatic nitrogens is 1. The SMILES string of the molecule is COC(=O)Cc1ccc(NC(=O)c2c[nH]c3ccccc23)c(Cl)c1. The summed E-state index contributed by atoms with van der Waals surface area (Å²) in [6.45, 7) is 0. The molecule has 0 fully saturated rings. The van der Waals surface area contributed by atoms with Gasteiger partial charge in [-0.2, -0.15) is 0 Å². The molecule has 0 saturated carbocycles. The van der Waals surface area contributed by atoms with Crippen LogP contribution in [0.1, 0.15) is 15.9 Å². The molecule has 0 aliphatic heterocycles. The molecule has 0 aliphatic carbocycles. The number of benzene rings is 2. The van der Waals surface area contributed by atoms with Crippen molar-refractivity contribution in [2.24, 2.45) is 0 Å². The lowest BCUT2D eigenvalue weighted by atomic mass is 10.1. The van der Waals surface area contributed by atoms with Gasteiger partial charge in [0.05, 0.1) is 29.8 Å². The van der Waals surface area contributed by atoms with Crippen LogP contribution in [0.5, 0.6) is 0 Å². The van der Waals surface area contributed by atoms with Gasteiger partial charge in [0.2, 0.25) is 0 Å². The van der Waals surface area contributed by atoms with Gasteiger partial charge < -0.3 is 15.0 Å². The van der Waals surface area contributed by atoms with Crippen LogP contribution in [0.25, 0.3) is 10.9 Å². The molecule has 5 nitrogen and oxygen atoms in total. The van der Waals surface area contributed by atoms with Crippen LogP contribution in [0.3, 0.4) is 0 Å². The first kappa shape index (κ1) is 16.1. The monoisotopic (exact) mass is 342 g/mol. The van der Waals surface area contributed by atoms with Crippen molar-refractivity contribution in [1.29, 1.82) is 0 Å². The summed E-state index contributed by atoms with van der Waals surface area (Å²) in [5.74, 6) is -0.600. The minimum atomic E-state index is -0.346. The number of carbonyl (C=O) groups excluding carboxylic acids is 2. The van der Waals surface area contributed by atoms with Crippen LogP contribution in [0.15, 0.2) is 48.7 Å². The van der Waals surface area contributed by atoms with E-state index in [1.165, 1.54) is 7.11 Å². The second-order valence-electron chi connectivity index (χ2n) is 5.27. The molecule has 0 unspecified atom stereocenters. The highest BCUT2D eigenvalue weighted by Gasteiger charge is 2.14. The Bertz CT molecular complexity index is 918. The first-order chi connectivity index (χ1) is 11.6. The van der Waals surface area contributed by atoms with Crippen LogP contribution < -0.4 is 5.32 Å². The molecule has 0 spiro atoms. The summed E-state index contributed by atoms with van der Waals surface area (Å²) in [5.41, 5.74) is 2.64. The third-order valence-electron chi connectivity index (χ3n) is 3.69. The van der Waals surface area contributed by atoms with Crippen molar-refractivity contribution in [2.45, 2.75) is 6.42 Å². The summed E-state index contributed by atoms with van der Waals surface area (Å²) in [7, 11) is 1.33. The fraction of sp³-hybridized carbons (Fsp3) is 0.111. The smallest absolute Gasteiger partial charge is 0.309 e. The fourth-order valence-corrected chi connectivity index (χ4v) is 2.71. The van der Waals surface area contributed by atoms with Crippen LogP contribution in [-0.2, 0) is 16.0 Å². The van der Waals surface area contributed by atoms with Gasteiger partial charge in [0.1, 0.15) is 0 Å². The Morgan fingerprint density at radius 3 is 2.75 bits per heavy atom. The van der Waals surface area contributed by atoms with E-state index < -0.39 is 0 Å². The Balaban J connectivity index is 1.80. The van der Waals surface area contributed by atoms with Gasteiger partial charge in [-0.3, -0.25) is 9.59 Å². The van der Waals surface area contributed by atoms with Gasteiger partial charge in [0.15, 0.2) is 0 Å². The number of fused-ring (bicyclic) bond motifs is 1. The lowest BCUT2D eigenvalue weighted by Crippen LogP contribution is -2.12. The first-order valence-electron chi connectivity index (χ1n) is 7.31. The normalized spacial score (nSPS) is 10.6. The Hall–Kier alpha value is -2.79. The number of esters is 1. The summed E-state index contributed by atoms with van der Waals surface area (Å²) in [6, 6.07) is 12.6. The minimum absolute atomic E-state index is 0.132. The topological polar surface area (TPSA) is 71.2 Å². The summed E-state index contributed by atoms with van der Waals surface area (Å²) >= 11 is 6.21. The Morgan fingerprint density at radius 2 is 2.00 bits per heavy atom. The number of H-pyrrole nitrogens is 1. The van der Waals surface area contributed by atoms with E-state index in [0.717, 1.165) is 16.5 Å². The van der Waals surface area contributed by atoms with Gasteiger partial charge in [-0.25, -0.2) is 0 Å². The first-order valence-corrected chi connectivity index (χ1v) is 7.69. The quantitative estimate of drug-likeness (QED) is 0.709. The van der Waals surface area contributed by atoms with Crippen LogP contribution in [0.4, 0.5) is 5.69 Å². The molecule has 0 aliphatic rings. The van der Waals surface area contributed by atoms with E-state index in [-0.39, 0.29) is 18.3 Å². The van der Waals surface area contributed by atoms with E-state index in [9.17, 15) is 9.59 Å². The van der Waals surface area contributed by atoms with Crippen LogP contribution in [-0.4, -0.2) is 24.0 Å². The van der Waals surface area contributed by atoms with Gasteiger partial charge in [0.25, 0.3) is 5.91 Å². The molecule has 3 rings (SSSR count). The molecular weight excluding hydrogens is 328 g/mol. The molecule has 2 N–H and O–H groups in total. The predicted molar refractivity (Wildman–Crippen MR) is 93.4 cm³/mol. The molecule has 1 amide bonds. The number of hydrogen-bond acceptors (Lipinski definition) is 3. The number of aromatic amines is 1. The summed E-state index contributed by atoms with van der Waals surface area (Å²) < 4.78 is 4.62. The summed E-state index contributed by atoms with van der Waals surface area (Å²) in [5, 5.41) is 4.00. The molecule has 1 aromatic heterocycles. The average molecular weight is 343 g/mol. The van der Waals surface area contributed by atoms with Crippen molar-refractivity contribution in [3.63, 3.8) is 0 Å². The molecule has 24 heavy (non-hydrogen) atoms. The van der Waals surface area contributed by atoms with Crippen LogP contribution in [0, 0.1) is 0 Å². The summed E-state index contributed by atoms with van der Waals surface area (Å²) in [4.78, 5) is 26.8. The van der Waals surface area contributed by atoms with Crippen molar-refractivity contribution in [3.05, 3.63) is 64.8 Å². The molecule has 2 aromatic carbocycles. The number of nitrogens with one attached hydrogen (secondary N) is 2. The number of rotatable bonds is 4. The highest BCUT2D eigenvalue weighted by Crippen LogP contribution is 2.25. The highest BCUT2D eigenvalue weighted by molar-refractivity contribution is 6.34. The number of carbonyl (C=O) groups is 2. The molecule has 0 radical (unpaired) electrons. The van der Waals surface area contributed by atoms with Gasteiger partial charge in [-0.1, -0.05) is 35.9 Å². The Labute approximate surface area is 143 Å². The molecule has 1 heterocycles. The van der Waals surface area contributed by atoms with Crippen LogP contribution in [0.2, 0.25) is 5.02 Å². The highest BCUT2D eigenvalue weighted by atomic mass is 35.5. The number of ether oxygens (including phenoxy) is 1. The van der Waals surface area contributed by atoms with E-state index >= 15 is 0 Å². The van der Waals surface area contributed by atoms with E-state index in [2.05, 4.69) is 15.0 Å². The van der Waals surface area contributed by atoms with E-state index in [4.69, 9.17) is 11.6 Å². The zero-order valence-electron chi connectivity index (χ0n) is 12.9. The number of anilines is 1. The van der Waals surface area contributed by atoms with E-state index in [1.807, 2.05) is 24.3 Å². The molecule has 3 aromatic rings. The van der Waals surface area contributed by atoms with Crippen molar-refractivity contribution in [1.82, 2.24) is 4.98 Å². The van der Waals surface area contributed by atoms with Crippen LogP contribution >= 0.6 is 11.6 Å². The predicted octanol–water partition coefficient (Wildman–Crippen LogP) is 3.79. The largest absolute Gasteiger partial charge is 0.469 e. The molecule has 0 bridgehead atoms. The number of para-hydroxylation sites is 1. The summed E-state index contributed by atoms with van der Waals surface area (Å²) in [6.07, 6.45) is 1.80. The molecule has 6 heteroatoms. The Morgan fingerprint density at radius 1 is 1.21 bits per heavy atom. The van der Waals surface area contributed by atoms with Gasteiger partial charge in [0, 0.05) is 17.1 Å². The number of hydrogen-bond donors (Lipinski definition) is 2. The van der Waals surface area contributed by atoms with Gasteiger partial charge in [-0.15, -0.1) is 0 Å². The molecule has 0 atom stereocenters. The maximum atomic E-state index is 12.5. The number of halogens is 1. The van der Waals surface area contributed by atoms with Gasteiger partial charge >= 0.3 is 5.97 Å². The lowest BCUT2D eigenvalue weighted by Gasteiger charge is -2.08. The third-order valence-corrected chi connectivity index (χ3v) is 4.00. The zero-order valence-corrected chi connectivity index (χ0v) is 13.7. The standard InChI is InChI=1S/C18H15ClN2O3/c1-24-17(22)9-11-6-7-16(14(19)8-11)21-18(23)13-10-20-15-5-3-2-4-12(13)15/h2-8,10,20H,9H2,1H3,(H,21,23). The Kier molecular flexibility index (Phi) is 4.53. The van der Waals surface area contributed by atoms with E-state index in [0.29, 0.717) is 16.3 Å². The van der Waals surface area contributed by atoms with Crippen molar-refractivity contribution >= 4 is 40.1 Å². The van der Waals surface area contributed by atoms with Crippen molar-refractivity contribution < 1.29 is 14.3 Å².